The first-order valence-corrected chi connectivity index (χ1v) is 13.1. The van der Waals surface area contributed by atoms with Crippen molar-refractivity contribution in [3.8, 4) is 0 Å². The summed E-state index contributed by atoms with van der Waals surface area (Å²) in [5, 5.41) is 18.7. The Balaban J connectivity index is 0. The monoisotopic (exact) mass is 534 g/mol. The molecule has 0 amide bonds. The highest BCUT2D eigenvalue weighted by molar-refractivity contribution is 5.71. The predicted molar refractivity (Wildman–Crippen MR) is 134 cm³/mol. The molecule has 0 saturated carbocycles. The molecule has 0 aliphatic carbocycles. The van der Waals surface area contributed by atoms with Crippen LogP contribution in [-0.2, 0) is 42.9 Å². The van der Waals surface area contributed by atoms with Gasteiger partial charge in [-0.1, -0.05) is 34.6 Å². The summed E-state index contributed by atoms with van der Waals surface area (Å²) in [7, 11) is 0. The molecule has 0 aromatic rings. The smallest absolute Gasteiger partial charge is 0.306 e. The minimum absolute atomic E-state index is 0.0771. The summed E-state index contributed by atoms with van der Waals surface area (Å²) < 4.78 is 21.1. The number of unbranched alkanes of at least 4 members (excludes halogenated alkanes) is 1. The number of esters is 3. The van der Waals surface area contributed by atoms with Gasteiger partial charge in [-0.2, -0.15) is 0 Å². The molecular formula is C26H46O11. The Morgan fingerprint density at radius 1 is 0.838 bits per heavy atom. The van der Waals surface area contributed by atoms with Gasteiger partial charge in [0.2, 0.25) is 5.79 Å². The molecule has 0 aromatic heterocycles. The molecule has 216 valence electrons. The lowest BCUT2D eigenvalue weighted by molar-refractivity contribution is -0.317. The van der Waals surface area contributed by atoms with Crippen LogP contribution in [0.2, 0.25) is 0 Å². The molecule has 1 rings (SSSR count). The lowest BCUT2D eigenvalue weighted by atomic mass is 9.98. The number of hydrogen-bond acceptors (Lipinski definition) is 10. The summed E-state index contributed by atoms with van der Waals surface area (Å²) in [6, 6.07) is 0. The minimum Gasteiger partial charge on any atom is -0.481 e. The molecule has 11 heteroatoms. The van der Waals surface area contributed by atoms with Crippen LogP contribution in [0.3, 0.4) is 0 Å². The summed E-state index contributed by atoms with van der Waals surface area (Å²) in [6.07, 6.45) is 4.13. The van der Waals surface area contributed by atoms with Crippen molar-refractivity contribution in [1.29, 1.82) is 0 Å². The van der Waals surface area contributed by atoms with Crippen LogP contribution in [0.15, 0.2) is 0 Å². The highest BCUT2D eigenvalue weighted by atomic mass is 16.7. The summed E-state index contributed by atoms with van der Waals surface area (Å²) in [4.78, 5) is 54.4. The fraction of sp³-hybridized carbons (Fsp3) is 0.808. The van der Waals surface area contributed by atoms with E-state index < -0.39 is 48.5 Å². The molecule has 0 bridgehead atoms. The maximum absolute atomic E-state index is 12.0. The van der Waals surface area contributed by atoms with Crippen LogP contribution in [0.4, 0.5) is 0 Å². The molecule has 11 nitrogen and oxygen atoms in total. The fourth-order valence-electron chi connectivity index (χ4n) is 2.92. The molecule has 0 aromatic carbocycles. The molecule has 1 aliphatic heterocycles. The van der Waals surface area contributed by atoms with E-state index >= 15 is 0 Å². The third kappa shape index (κ3) is 18.4. The number of rotatable bonds is 14. The molecular weight excluding hydrogens is 488 g/mol. The Bertz CT molecular complexity index is 665. The van der Waals surface area contributed by atoms with E-state index in [1.807, 2.05) is 34.6 Å². The average Bonchev–Trinajstić information content (AvgIpc) is 2.82. The van der Waals surface area contributed by atoms with Gasteiger partial charge in [0.1, 0.15) is 19.0 Å². The molecule has 0 spiro atoms. The number of aldehydes is 1. The lowest BCUT2D eigenvalue weighted by Crippen LogP contribution is -2.60. The van der Waals surface area contributed by atoms with Crippen molar-refractivity contribution < 1.29 is 53.1 Å². The van der Waals surface area contributed by atoms with Crippen LogP contribution in [0.1, 0.15) is 105 Å². The number of carboxylic acid groups (broad SMARTS) is 1. The van der Waals surface area contributed by atoms with Gasteiger partial charge in [-0.25, -0.2) is 0 Å². The first-order valence-electron chi connectivity index (χ1n) is 13.1. The number of aliphatic carboxylic acids is 1. The normalized spacial score (nSPS) is 20.2. The van der Waals surface area contributed by atoms with Crippen molar-refractivity contribution in [2.24, 2.45) is 0 Å². The van der Waals surface area contributed by atoms with E-state index in [1.165, 1.54) is 0 Å². The topological polar surface area (TPSA) is 163 Å². The van der Waals surface area contributed by atoms with E-state index in [1.54, 1.807) is 0 Å². The van der Waals surface area contributed by atoms with Gasteiger partial charge < -0.3 is 34.0 Å². The van der Waals surface area contributed by atoms with Gasteiger partial charge in [0, 0.05) is 38.5 Å². The highest BCUT2D eigenvalue weighted by Gasteiger charge is 2.51. The van der Waals surface area contributed by atoms with Crippen LogP contribution in [-0.4, -0.2) is 71.6 Å². The molecule has 1 fully saturated rings. The standard InChI is InChI=1S/C18H30O8.C4H8O2.C4H8O/c1-4-7-14(19)23-12-18(22)17(26-16(21)9-6-3)13(10-11-24-18)25-15(20)8-5-2;1-2-3-4(5)6;1-2-3-4-5/h13,17,22H,4-12H2,1-3H3;2-3H2,1H3,(H,5,6);4H,2-3H2,1H3/t13-,17-,18?;;/m0../s1. The van der Waals surface area contributed by atoms with Crippen LogP contribution in [0.5, 0.6) is 0 Å². The summed E-state index contributed by atoms with van der Waals surface area (Å²) in [5.41, 5.74) is 0. The van der Waals surface area contributed by atoms with Gasteiger partial charge in [-0.05, 0) is 32.1 Å². The predicted octanol–water partition coefficient (Wildman–Crippen LogP) is 3.72. The minimum atomic E-state index is -2.05. The molecule has 1 aliphatic rings. The third-order valence-corrected chi connectivity index (χ3v) is 4.75. The van der Waals surface area contributed by atoms with Crippen LogP contribution in [0, 0.1) is 0 Å². The van der Waals surface area contributed by atoms with E-state index in [4.69, 9.17) is 24.1 Å². The van der Waals surface area contributed by atoms with Crippen molar-refractivity contribution in [3.63, 3.8) is 0 Å². The van der Waals surface area contributed by atoms with E-state index in [0.717, 1.165) is 19.1 Å². The largest absolute Gasteiger partial charge is 0.481 e. The molecule has 0 radical (unpaired) electrons. The Hall–Kier alpha value is -2.53. The van der Waals surface area contributed by atoms with E-state index in [0.29, 0.717) is 32.1 Å². The van der Waals surface area contributed by atoms with Gasteiger partial charge in [0.25, 0.3) is 0 Å². The van der Waals surface area contributed by atoms with Crippen molar-refractivity contribution >= 4 is 30.2 Å². The van der Waals surface area contributed by atoms with E-state index in [9.17, 15) is 29.1 Å². The van der Waals surface area contributed by atoms with Gasteiger partial charge in [-0.15, -0.1) is 0 Å². The molecule has 2 N–H and O–H groups in total. The Morgan fingerprint density at radius 3 is 1.76 bits per heavy atom. The number of hydrogen-bond donors (Lipinski definition) is 2. The first kappa shape index (κ1) is 36.6. The second-order valence-electron chi connectivity index (χ2n) is 8.43. The number of carbonyl (C=O) groups is 5. The maximum atomic E-state index is 12.0. The summed E-state index contributed by atoms with van der Waals surface area (Å²) in [6.45, 7) is 8.88. The zero-order valence-electron chi connectivity index (χ0n) is 23.0. The Labute approximate surface area is 220 Å². The van der Waals surface area contributed by atoms with Gasteiger partial charge in [0.15, 0.2) is 6.10 Å². The van der Waals surface area contributed by atoms with Crippen LogP contribution < -0.4 is 0 Å². The Morgan fingerprint density at radius 2 is 1.35 bits per heavy atom. The van der Waals surface area contributed by atoms with Crippen LogP contribution >= 0.6 is 0 Å². The zero-order chi connectivity index (χ0) is 28.7. The maximum Gasteiger partial charge on any atom is 0.306 e. The Kier molecular flexibility index (Phi) is 22.4. The molecule has 3 atom stereocenters. The first-order chi connectivity index (χ1) is 17.5. The van der Waals surface area contributed by atoms with E-state index in [2.05, 4.69) is 0 Å². The van der Waals surface area contributed by atoms with Crippen molar-refractivity contribution in [2.45, 2.75) is 123 Å². The fourth-order valence-corrected chi connectivity index (χ4v) is 2.92. The number of carbonyl (C=O) groups excluding carboxylic acids is 4. The van der Waals surface area contributed by atoms with Crippen LogP contribution in [0.25, 0.3) is 0 Å². The zero-order valence-corrected chi connectivity index (χ0v) is 23.0. The summed E-state index contributed by atoms with van der Waals surface area (Å²) in [5.74, 6) is -4.24. The van der Waals surface area contributed by atoms with Crippen molar-refractivity contribution in [1.82, 2.24) is 0 Å². The summed E-state index contributed by atoms with van der Waals surface area (Å²) >= 11 is 0. The van der Waals surface area contributed by atoms with Gasteiger partial charge >= 0.3 is 23.9 Å². The van der Waals surface area contributed by atoms with Gasteiger partial charge in [0.05, 0.1) is 6.61 Å². The lowest BCUT2D eigenvalue weighted by Gasteiger charge is -2.42. The van der Waals surface area contributed by atoms with Crippen molar-refractivity contribution in [2.75, 3.05) is 13.2 Å². The second kappa shape index (κ2) is 22.7. The van der Waals surface area contributed by atoms with E-state index in [-0.39, 0.29) is 32.3 Å². The third-order valence-electron chi connectivity index (χ3n) is 4.75. The number of carboxylic acids is 1. The average molecular weight is 535 g/mol. The SMILES string of the molecule is CCCC(=O)O.CCCC(=O)OCC1(O)OCC[C@H](OC(=O)CCC)[C@@H]1OC(=O)CCC.CCCC=O. The molecule has 1 unspecified atom stereocenters. The second-order valence-corrected chi connectivity index (χ2v) is 8.43. The van der Waals surface area contributed by atoms with Crippen molar-refractivity contribution in [3.05, 3.63) is 0 Å². The molecule has 37 heavy (non-hydrogen) atoms. The quantitative estimate of drug-likeness (QED) is 0.190. The number of aliphatic hydroxyl groups is 1. The highest BCUT2D eigenvalue weighted by Crippen LogP contribution is 2.30. The van der Waals surface area contributed by atoms with Gasteiger partial charge in [-0.3, -0.25) is 19.2 Å². The number of ether oxygens (including phenoxy) is 4. The molecule has 1 heterocycles. The molecule has 1 saturated heterocycles.